The van der Waals surface area contributed by atoms with Crippen LogP contribution in [0, 0.1) is 0 Å². The Morgan fingerprint density at radius 3 is 2.42 bits per heavy atom. The van der Waals surface area contributed by atoms with Crippen LogP contribution < -0.4 is 15.8 Å². The number of ether oxygens (including phenoxy) is 1. The Bertz CT molecular complexity index is 705. The normalized spacial score (nSPS) is 15.2. The minimum atomic E-state index is -0.165. The number of hydrogen-bond acceptors (Lipinski definition) is 4. The monoisotopic (exact) mass is 387 g/mol. The van der Waals surface area contributed by atoms with Crippen LogP contribution in [-0.2, 0) is 13.1 Å². The van der Waals surface area contributed by atoms with Crippen LogP contribution in [-0.4, -0.2) is 11.9 Å². The molecule has 7 heteroatoms. The fourth-order valence-corrected chi connectivity index (χ4v) is 2.42. The smallest absolute Gasteiger partial charge is 0.153 e. The van der Waals surface area contributed by atoms with Gasteiger partial charge in [0.2, 0.25) is 0 Å². The zero-order valence-corrected chi connectivity index (χ0v) is 15.5. The van der Waals surface area contributed by atoms with Crippen molar-refractivity contribution in [3.8, 4) is 5.75 Å². The minimum absolute atomic E-state index is 0. The van der Waals surface area contributed by atoms with Gasteiger partial charge in [-0.1, -0.05) is 29.8 Å². The zero-order valence-electron chi connectivity index (χ0n) is 13.2. The van der Waals surface area contributed by atoms with Crippen molar-refractivity contribution in [1.29, 1.82) is 0 Å². The SMILES string of the molecule is CC1Oc2ccc(CNCc3ccc(Cl)cc3)cc2N=C1N.Cl.Cl. The summed E-state index contributed by atoms with van der Waals surface area (Å²) in [6.45, 7) is 3.43. The van der Waals surface area contributed by atoms with E-state index in [1.165, 1.54) is 5.56 Å². The second-order valence-corrected chi connectivity index (χ2v) is 5.77. The molecule has 3 rings (SSSR count). The van der Waals surface area contributed by atoms with Crippen LogP contribution >= 0.6 is 36.4 Å². The van der Waals surface area contributed by atoms with Crippen molar-refractivity contribution in [2.75, 3.05) is 0 Å². The molecular weight excluding hydrogens is 369 g/mol. The summed E-state index contributed by atoms with van der Waals surface area (Å²) in [5, 5.41) is 4.15. The van der Waals surface area contributed by atoms with Crippen molar-refractivity contribution >= 4 is 47.9 Å². The second-order valence-electron chi connectivity index (χ2n) is 5.33. The van der Waals surface area contributed by atoms with Crippen LogP contribution in [0.4, 0.5) is 5.69 Å². The molecule has 0 amide bonds. The summed E-state index contributed by atoms with van der Waals surface area (Å²) in [5.74, 6) is 1.29. The molecule has 0 aromatic heterocycles. The first-order valence-electron chi connectivity index (χ1n) is 7.20. The number of nitrogens with two attached hydrogens (primary N) is 1. The van der Waals surface area contributed by atoms with Crippen LogP contribution in [0.5, 0.6) is 5.75 Å². The first-order valence-corrected chi connectivity index (χ1v) is 7.58. The van der Waals surface area contributed by atoms with Crippen molar-refractivity contribution in [2.24, 2.45) is 10.7 Å². The van der Waals surface area contributed by atoms with Crippen LogP contribution in [0.3, 0.4) is 0 Å². The number of benzene rings is 2. The highest BCUT2D eigenvalue weighted by Gasteiger charge is 2.17. The van der Waals surface area contributed by atoms with Gasteiger partial charge in [-0.15, -0.1) is 24.8 Å². The van der Waals surface area contributed by atoms with E-state index < -0.39 is 0 Å². The lowest BCUT2D eigenvalue weighted by atomic mass is 10.1. The number of halogens is 3. The van der Waals surface area contributed by atoms with Crippen molar-refractivity contribution in [1.82, 2.24) is 5.32 Å². The first kappa shape index (κ1) is 20.6. The Morgan fingerprint density at radius 2 is 1.71 bits per heavy atom. The molecule has 0 aliphatic carbocycles. The molecular formula is C17H20Cl3N3O. The molecule has 0 radical (unpaired) electrons. The molecule has 0 saturated heterocycles. The number of amidine groups is 1. The molecule has 24 heavy (non-hydrogen) atoms. The molecule has 130 valence electrons. The molecule has 0 bridgehead atoms. The maximum absolute atomic E-state index is 5.88. The quantitative estimate of drug-likeness (QED) is 0.823. The third kappa shape index (κ3) is 5.02. The van der Waals surface area contributed by atoms with Gasteiger partial charge in [0.25, 0.3) is 0 Å². The molecule has 4 nitrogen and oxygen atoms in total. The van der Waals surface area contributed by atoms with Crippen molar-refractivity contribution < 1.29 is 4.74 Å². The van der Waals surface area contributed by atoms with Gasteiger partial charge in [0.15, 0.2) is 6.10 Å². The van der Waals surface area contributed by atoms with Crippen molar-refractivity contribution in [3.05, 3.63) is 58.6 Å². The molecule has 1 unspecified atom stereocenters. The Balaban J connectivity index is 0.00000144. The first-order chi connectivity index (χ1) is 10.6. The van der Waals surface area contributed by atoms with Crippen LogP contribution in [0.25, 0.3) is 0 Å². The Hall–Kier alpha value is -1.46. The van der Waals surface area contributed by atoms with Crippen molar-refractivity contribution in [2.45, 2.75) is 26.1 Å². The highest BCUT2D eigenvalue weighted by atomic mass is 35.5. The molecule has 0 saturated carbocycles. The number of aliphatic imine (C=N–C) groups is 1. The predicted octanol–water partition coefficient (Wildman–Crippen LogP) is 4.24. The largest absolute Gasteiger partial charge is 0.481 e. The van der Waals surface area contributed by atoms with E-state index in [0.717, 1.165) is 35.1 Å². The van der Waals surface area contributed by atoms with E-state index in [-0.39, 0.29) is 30.9 Å². The third-order valence-electron chi connectivity index (χ3n) is 3.56. The lowest BCUT2D eigenvalue weighted by Crippen LogP contribution is -2.33. The molecule has 1 heterocycles. The van der Waals surface area contributed by atoms with Crippen molar-refractivity contribution in [3.63, 3.8) is 0 Å². The van der Waals surface area contributed by atoms with E-state index in [1.807, 2.05) is 49.4 Å². The molecule has 2 aromatic carbocycles. The molecule has 3 N–H and O–H groups in total. The molecule has 1 aliphatic heterocycles. The minimum Gasteiger partial charge on any atom is -0.481 e. The summed E-state index contributed by atoms with van der Waals surface area (Å²) in [6, 6.07) is 13.8. The Kier molecular flexibility index (Phi) is 7.84. The van der Waals surface area contributed by atoms with Crippen LogP contribution in [0.1, 0.15) is 18.1 Å². The van der Waals surface area contributed by atoms with E-state index >= 15 is 0 Å². The molecule has 2 aromatic rings. The van der Waals surface area contributed by atoms with Gasteiger partial charge in [-0.25, -0.2) is 4.99 Å². The standard InChI is InChI=1S/C17H18ClN3O.2ClH/c1-11-17(19)21-15-8-13(4-7-16(15)22-11)10-20-9-12-2-5-14(18)6-3-12;;/h2-8,11,20H,9-10H2,1H3,(H2,19,21);2*1H. The predicted molar refractivity (Wildman–Crippen MR) is 104 cm³/mol. The van der Waals surface area contributed by atoms with Gasteiger partial charge in [0.1, 0.15) is 17.3 Å². The lowest BCUT2D eigenvalue weighted by Gasteiger charge is -2.21. The van der Waals surface area contributed by atoms with E-state index in [2.05, 4.69) is 10.3 Å². The maximum atomic E-state index is 5.88. The number of hydrogen-bond donors (Lipinski definition) is 2. The Labute approximate surface area is 159 Å². The summed E-state index contributed by atoms with van der Waals surface area (Å²) < 4.78 is 5.70. The molecule has 1 aliphatic rings. The maximum Gasteiger partial charge on any atom is 0.153 e. The second kappa shape index (κ2) is 9.14. The summed E-state index contributed by atoms with van der Waals surface area (Å²) in [6.07, 6.45) is -0.165. The van der Waals surface area contributed by atoms with Crippen LogP contribution in [0.2, 0.25) is 5.02 Å². The van der Waals surface area contributed by atoms with Gasteiger partial charge in [-0.05, 0) is 42.3 Å². The van der Waals surface area contributed by atoms with Gasteiger partial charge < -0.3 is 15.8 Å². The average molecular weight is 389 g/mol. The highest BCUT2D eigenvalue weighted by molar-refractivity contribution is 6.30. The van der Waals surface area contributed by atoms with E-state index in [0.29, 0.717) is 5.84 Å². The van der Waals surface area contributed by atoms with Gasteiger partial charge >= 0.3 is 0 Å². The van der Waals surface area contributed by atoms with Crippen LogP contribution in [0.15, 0.2) is 47.5 Å². The Morgan fingerprint density at radius 1 is 1.08 bits per heavy atom. The molecule has 0 fully saturated rings. The molecule has 1 atom stereocenters. The average Bonchev–Trinajstić information content (AvgIpc) is 2.51. The summed E-state index contributed by atoms with van der Waals surface area (Å²) >= 11 is 5.88. The fraction of sp³-hybridized carbons (Fsp3) is 0.235. The van der Waals surface area contributed by atoms with Gasteiger partial charge in [0, 0.05) is 18.1 Å². The number of nitrogens with zero attached hydrogens (tertiary/aromatic N) is 1. The number of fused-ring (bicyclic) bond motifs is 1. The summed E-state index contributed by atoms with van der Waals surface area (Å²) in [4.78, 5) is 4.39. The van der Waals surface area contributed by atoms with Gasteiger partial charge in [-0.3, -0.25) is 0 Å². The van der Waals surface area contributed by atoms with E-state index in [9.17, 15) is 0 Å². The molecule has 0 spiro atoms. The van der Waals surface area contributed by atoms with E-state index in [1.54, 1.807) is 0 Å². The zero-order chi connectivity index (χ0) is 15.5. The lowest BCUT2D eigenvalue weighted by molar-refractivity contribution is 0.281. The number of rotatable bonds is 4. The summed E-state index contributed by atoms with van der Waals surface area (Å²) in [5.41, 5.74) is 8.96. The summed E-state index contributed by atoms with van der Waals surface area (Å²) in [7, 11) is 0. The fourth-order valence-electron chi connectivity index (χ4n) is 2.29. The van der Waals surface area contributed by atoms with Gasteiger partial charge in [0.05, 0.1) is 0 Å². The van der Waals surface area contributed by atoms with E-state index in [4.69, 9.17) is 22.1 Å². The number of nitrogens with one attached hydrogen (secondary N) is 1. The van der Waals surface area contributed by atoms with Gasteiger partial charge in [-0.2, -0.15) is 0 Å². The topological polar surface area (TPSA) is 59.6 Å². The third-order valence-corrected chi connectivity index (χ3v) is 3.82. The highest BCUT2D eigenvalue weighted by Crippen LogP contribution is 2.32.